The first-order valence-electron chi connectivity index (χ1n) is 6.91. The van der Waals surface area contributed by atoms with Crippen LogP contribution in [0, 0.1) is 13.8 Å². The molecule has 0 aromatic heterocycles. The van der Waals surface area contributed by atoms with Gasteiger partial charge in [-0.15, -0.1) is 0 Å². The molecule has 1 unspecified atom stereocenters. The van der Waals surface area contributed by atoms with E-state index in [0.29, 0.717) is 17.9 Å². The highest BCUT2D eigenvalue weighted by Crippen LogP contribution is 2.29. The highest BCUT2D eigenvalue weighted by molar-refractivity contribution is 7.89. The van der Waals surface area contributed by atoms with Crippen molar-refractivity contribution >= 4 is 15.8 Å². The van der Waals surface area contributed by atoms with Crippen LogP contribution in [0.3, 0.4) is 0 Å². The lowest BCUT2D eigenvalue weighted by molar-refractivity contribution is -0.117. The van der Waals surface area contributed by atoms with Crippen molar-refractivity contribution in [1.29, 1.82) is 0 Å². The molecular weight excluding hydrogens is 274 g/mol. The Balaban J connectivity index is 2.36. The molecule has 20 heavy (non-hydrogen) atoms. The minimum absolute atomic E-state index is 0.0396. The Hall–Kier alpha value is -1.20. The highest BCUT2D eigenvalue weighted by atomic mass is 32.2. The molecule has 0 radical (unpaired) electrons. The van der Waals surface area contributed by atoms with Gasteiger partial charge in [0.15, 0.2) is 0 Å². The van der Waals surface area contributed by atoms with Crippen LogP contribution in [-0.2, 0) is 14.8 Å². The number of hydrogen-bond acceptors (Lipinski definition) is 3. The molecule has 1 fully saturated rings. The number of benzene rings is 1. The number of carbonyl (C=O) groups is 1. The van der Waals surface area contributed by atoms with Crippen LogP contribution in [0.2, 0.25) is 0 Å². The molecular formula is C15H21NO3S. The molecule has 110 valence electrons. The van der Waals surface area contributed by atoms with E-state index in [-0.39, 0.29) is 11.8 Å². The summed E-state index contributed by atoms with van der Waals surface area (Å²) < 4.78 is 27.1. The van der Waals surface area contributed by atoms with Gasteiger partial charge in [0.1, 0.15) is 5.78 Å². The van der Waals surface area contributed by atoms with Crippen LogP contribution in [0.5, 0.6) is 0 Å². The topological polar surface area (TPSA) is 54.5 Å². The van der Waals surface area contributed by atoms with Crippen LogP contribution in [-0.4, -0.2) is 31.1 Å². The predicted octanol–water partition coefficient (Wildman–Crippen LogP) is 2.44. The third kappa shape index (κ3) is 2.94. The van der Waals surface area contributed by atoms with E-state index in [1.165, 1.54) is 11.2 Å². The van der Waals surface area contributed by atoms with Gasteiger partial charge in [0.05, 0.1) is 4.90 Å². The molecule has 1 aromatic carbocycles. The Morgan fingerprint density at radius 2 is 2.05 bits per heavy atom. The quantitative estimate of drug-likeness (QED) is 0.857. The van der Waals surface area contributed by atoms with Crippen molar-refractivity contribution in [3.05, 3.63) is 29.3 Å². The summed E-state index contributed by atoms with van der Waals surface area (Å²) in [6.45, 7) is 5.78. The van der Waals surface area contributed by atoms with E-state index >= 15 is 0 Å². The van der Waals surface area contributed by atoms with E-state index in [2.05, 4.69) is 0 Å². The zero-order chi connectivity index (χ0) is 14.9. The second-order valence-electron chi connectivity index (χ2n) is 5.59. The first kappa shape index (κ1) is 15.2. The predicted molar refractivity (Wildman–Crippen MR) is 78.1 cm³/mol. The van der Waals surface area contributed by atoms with Crippen molar-refractivity contribution in [3.63, 3.8) is 0 Å². The van der Waals surface area contributed by atoms with Crippen LogP contribution in [0.1, 0.15) is 37.3 Å². The van der Waals surface area contributed by atoms with Gasteiger partial charge in [0, 0.05) is 19.0 Å². The summed E-state index contributed by atoms with van der Waals surface area (Å²) in [6, 6.07) is 5.18. The second kappa shape index (κ2) is 5.66. The van der Waals surface area contributed by atoms with Crippen molar-refractivity contribution < 1.29 is 13.2 Å². The van der Waals surface area contributed by atoms with E-state index in [9.17, 15) is 13.2 Å². The molecule has 1 aliphatic heterocycles. The average molecular weight is 295 g/mol. The molecule has 0 bridgehead atoms. The molecule has 1 aliphatic rings. The van der Waals surface area contributed by atoms with Gasteiger partial charge < -0.3 is 0 Å². The average Bonchev–Trinajstić information content (AvgIpc) is 2.76. The largest absolute Gasteiger partial charge is 0.300 e. The summed E-state index contributed by atoms with van der Waals surface area (Å²) in [7, 11) is -3.50. The van der Waals surface area contributed by atoms with Gasteiger partial charge in [0.25, 0.3) is 0 Å². The Morgan fingerprint density at radius 3 is 2.65 bits per heavy atom. The Labute approximate surface area is 120 Å². The van der Waals surface area contributed by atoms with Crippen LogP contribution in [0.4, 0.5) is 0 Å². The van der Waals surface area contributed by atoms with E-state index in [1.807, 2.05) is 26.0 Å². The molecule has 4 nitrogen and oxygen atoms in total. The van der Waals surface area contributed by atoms with Crippen molar-refractivity contribution in [2.24, 2.45) is 0 Å². The Kier molecular flexibility index (Phi) is 4.30. The van der Waals surface area contributed by atoms with Gasteiger partial charge in [-0.05, 0) is 45.2 Å². The van der Waals surface area contributed by atoms with Gasteiger partial charge >= 0.3 is 0 Å². The number of Topliss-reactive ketones (excluding diaryl/α,β-unsaturated/α-hetero) is 1. The summed E-state index contributed by atoms with van der Waals surface area (Å²) >= 11 is 0. The molecule has 5 heteroatoms. The number of rotatable bonds is 4. The number of ketones is 1. The third-order valence-corrected chi connectivity index (χ3v) is 5.88. The SMILES string of the molecule is CC(=O)CC1CCCN1S(=O)(=O)c1ccc(C)cc1C. The van der Waals surface area contributed by atoms with Gasteiger partial charge in [-0.2, -0.15) is 4.31 Å². The molecule has 0 amide bonds. The molecule has 1 aromatic rings. The van der Waals surface area contributed by atoms with Crippen molar-refractivity contribution in [2.75, 3.05) is 6.54 Å². The minimum Gasteiger partial charge on any atom is -0.300 e. The van der Waals surface area contributed by atoms with Crippen molar-refractivity contribution in [3.8, 4) is 0 Å². The summed E-state index contributed by atoms with van der Waals surface area (Å²) in [5.74, 6) is 0.0396. The normalized spacial score (nSPS) is 20.2. The number of aryl methyl sites for hydroxylation is 2. The number of nitrogens with zero attached hydrogens (tertiary/aromatic N) is 1. The zero-order valence-electron chi connectivity index (χ0n) is 12.2. The number of hydrogen-bond donors (Lipinski definition) is 0. The van der Waals surface area contributed by atoms with E-state index in [1.54, 1.807) is 6.07 Å². The van der Waals surface area contributed by atoms with Crippen molar-refractivity contribution in [1.82, 2.24) is 4.31 Å². The molecule has 0 N–H and O–H groups in total. The maximum atomic E-state index is 12.8. The van der Waals surface area contributed by atoms with Gasteiger partial charge in [-0.1, -0.05) is 17.7 Å². The summed E-state index contributed by atoms with van der Waals surface area (Å²) in [6.07, 6.45) is 1.90. The Bertz CT molecular complexity index is 622. The van der Waals surface area contributed by atoms with Gasteiger partial charge in [-0.3, -0.25) is 4.79 Å². The maximum absolute atomic E-state index is 12.8. The maximum Gasteiger partial charge on any atom is 0.243 e. The number of carbonyl (C=O) groups excluding carboxylic acids is 1. The monoisotopic (exact) mass is 295 g/mol. The first-order valence-corrected chi connectivity index (χ1v) is 8.35. The third-order valence-electron chi connectivity index (χ3n) is 3.76. The van der Waals surface area contributed by atoms with Crippen molar-refractivity contribution in [2.45, 2.75) is 51.0 Å². The van der Waals surface area contributed by atoms with Crippen LogP contribution in [0.15, 0.2) is 23.1 Å². The summed E-state index contributed by atoms with van der Waals surface area (Å²) in [5, 5.41) is 0. The zero-order valence-corrected chi connectivity index (χ0v) is 13.0. The molecule has 1 heterocycles. The molecule has 1 atom stereocenters. The number of sulfonamides is 1. The lowest BCUT2D eigenvalue weighted by Crippen LogP contribution is -2.36. The fourth-order valence-corrected chi connectivity index (χ4v) is 4.78. The molecule has 0 saturated carbocycles. The molecule has 1 saturated heterocycles. The minimum atomic E-state index is -3.50. The van der Waals surface area contributed by atoms with Gasteiger partial charge in [-0.25, -0.2) is 8.42 Å². The summed E-state index contributed by atoms with van der Waals surface area (Å²) in [5.41, 5.74) is 1.81. The van der Waals surface area contributed by atoms with Crippen LogP contribution in [0.25, 0.3) is 0 Å². The van der Waals surface area contributed by atoms with E-state index in [0.717, 1.165) is 24.0 Å². The molecule has 0 aliphatic carbocycles. The fourth-order valence-electron chi connectivity index (χ4n) is 2.88. The fraction of sp³-hybridized carbons (Fsp3) is 0.533. The lowest BCUT2D eigenvalue weighted by Gasteiger charge is -2.24. The lowest BCUT2D eigenvalue weighted by atomic mass is 10.1. The van der Waals surface area contributed by atoms with E-state index in [4.69, 9.17) is 0 Å². The summed E-state index contributed by atoms with van der Waals surface area (Å²) in [4.78, 5) is 11.7. The Morgan fingerprint density at radius 1 is 1.35 bits per heavy atom. The van der Waals surface area contributed by atoms with Crippen LogP contribution >= 0.6 is 0 Å². The van der Waals surface area contributed by atoms with Gasteiger partial charge in [0.2, 0.25) is 10.0 Å². The van der Waals surface area contributed by atoms with E-state index < -0.39 is 10.0 Å². The van der Waals surface area contributed by atoms with Crippen LogP contribution < -0.4 is 0 Å². The first-order chi connectivity index (χ1) is 9.32. The molecule has 2 rings (SSSR count). The molecule has 0 spiro atoms. The second-order valence-corrected chi connectivity index (χ2v) is 7.45. The highest BCUT2D eigenvalue weighted by Gasteiger charge is 2.36. The standard InChI is InChI=1S/C15H21NO3S/c1-11-6-7-15(12(2)9-11)20(18,19)16-8-4-5-14(16)10-13(3)17/h6-7,9,14H,4-5,8,10H2,1-3H3. The smallest absolute Gasteiger partial charge is 0.243 e.